The summed E-state index contributed by atoms with van der Waals surface area (Å²) >= 11 is 0. The van der Waals surface area contributed by atoms with E-state index in [4.69, 9.17) is 4.74 Å². The third kappa shape index (κ3) is 3.10. The number of rotatable bonds is 1. The van der Waals surface area contributed by atoms with Crippen LogP contribution in [0.1, 0.15) is 59.1 Å². The Hall–Kier alpha value is -5.40. The molecule has 2 spiro atoms. The summed E-state index contributed by atoms with van der Waals surface area (Å²) < 4.78 is 6.77. The average Bonchev–Trinajstić information content (AvgIpc) is 3.83. The van der Waals surface area contributed by atoms with Gasteiger partial charge in [0.15, 0.2) is 0 Å². The van der Waals surface area contributed by atoms with E-state index >= 15 is 0 Å². The lowest BCUT2D eigenvalue weighted by atomic mass is 9.56. The molecule has 7 aromatic rings. The molecule has 1 aliphatic heterocycles. The van der Waals surface area contributed by atoms with Gasteiger partial charge >= 0.3 is 0 Å². The summed E-state index contributed by atoms with van der Waals surface area (Å²) in [6.45, 7) is 0. The van der Waals surface area contributed by atoms with Gasteiger partial charge < -0.3 is 4.74 Å². The standard InChI is InChI=1S/C50H36O/c1-2-10-35-30(9-1)17-21-43-48(35)38-27-31(18-20-41(38)50(43)39-13-5-3-11-36(39)37-12-4-6-14-40(37)50)32-19-22-47-45(28-32)49(42-15-7-8-16-46(42)51-47)34-24-29-23-33(26-34)44(49)25-29/h1-22,27-29,33-34,44H,23-26H2. The van der Waals surface area contributed by atoms with Crippen molar-refractivity contribution in [2.45, 2.75) is 36.5 Å². The lowest BCUT2D eigenvalue weighted by Gasteiger charge is -2.48. The topological polar surface area (TPSA) is 9.23 Å². The number of fused-ring (bicyclic) bond motifs is 14. The zero-order valence-electron chi connectivity index (χ0n) is 28.4. The Kier molecular flexibility index (Phi) is 4.97. The summed E-state index contributed by atoms with van der Waals surface area (Å²) in [5, 5.41) is 2.63. The van der Waals surface area contributed by atoms with E-state index in [2.05, 4.69) is 146 Å². The van der Waals surface area contributed by atoms with Crippen molar-refractivity contribution in [3.05, 3.63) is 179 Å². The van der Waals surface area contributed by atoms with Crippen LogP contribution in [0.2, 0.25) is 0 Å². The molecular formula is C50H36O. The van der Waals surface area contributed by atoms with Crippen LogP contribution < -0.4 is 4.74 Å². The van der Waals surface area contributed by atoms with Gasteiger partial charge in [0.1, 0.15) is 11.5 Å². The van der Waals surface area contributed by atoms with Crippen LogP contribution in [-0.2, 0) is 10.8 Å². The predicted octanol–water partition coefficient (Wildman–Crippen LogP) is 12.3. The minimum absolute atomic E-state index is 0.0543. The zero-order valence-corrected chi connectivity index (χ0v) is 28.4. The highest BCUT2D eigenvalue weighted by Gasteiger charge is 2.65. The normalized spacial score (nSPS) is 25.7. The minimum atomic E-state index is -0.347. The van der Waals surface area contributed by atoms with Gasteiger partial charge in [0.25, 0.3) is 0 Å². The number of para-hydroxylation sites is 1. The maximum Gasteiger partial charge on any atom is 0.131 e. The fraction of sp³-hybridized carbons (Fsp3) is 0.200. The molecule has 5 unspecified atom stereocenters. The molecule has 1 heteroatoms. The van der Waals surface area contributed by atoms with Crippen molar-refractivity contribution in [1.82, 2.24) is 0 Å². The molecule has 4 saturated carbocycles. The van der Waals surface area contributed by atoms with Crippen LogP contribution in [0, 0.1) is 23.7 Å². The van der Waals surface area contributed by atoms with E-state index in [0.717, 1.165) is 23.3 Å². The van der Waals surface area contributed by atoms with Crippen molar-refractivity contribution in [2.24, 2.45) is 23.7 Å². The zero-order chi connectivity index (χ0) is 33.1. The van der Waals surface area contributed by atoms with Crippen LogP contribution in [0.4, 0.5) is 0 Å². The molecule has 14 rings (SSSR count). The summed E-state index contributed by atoms with van der Waals surface area (Å²) in [6.07, 6.45) is 5.52. The van der Waals surface area contributed by atoms with Crippen LogP contribution in [0.5, 0.6) is 11.5 Å². The minimum Gasteiger partial charge on any atom is -0.457 e. The second-order valence-electron chi connectivity index (χ2n) is 16.4. The predicted molar refractivity (Wildman–Crippen MR) is 205 cm³/mol. The third-order valence-corrected chi connectivity index (χ3v) is 14.5. The van der Waals surface area contributed by atoms with Gasteiger partial charge in [-0.2, -0.15) is 0 Å². The van der Waals surface area contributed by atoms with Crippen molar-refractivity contribution < 1.29 is 4.74 Å². The molecule has 4 fully saturated rings. The van der Waals surface area contributed by atoms with E-state index in [1.54, 1.807) is 0 Å². The Balaban J connectivity index is 1.07. The Morgan fingerprint density at radius 3 is 1.98 bits per heavy atom. The second-order valence-corrected chi connectivity index (χ2v) is 16.4. The molecule has 242 valence electrons. The average molecular weight is 653 g/mol. The fourth-order valence-electron chi connectivity index (χ4n) is 13.0. The van der Waals surface area contributed by atoms with Gasteiger partial charge in [-0.3, -0.25) is 0 Å². The van der Waals surface area contributed by atoms with Crippen molar-refractivity contribution in [3.63, 3.8) is 0 Å². The summed E-state index contributed by atoms with van der Waals surface area (Å²) in [5.74, 6) is 5.31. The Morgan fingerprint density at radius 2 is 1.14 bits per heavy atom. The maximum absolute atomic E-state index is 6.77. The van der Waals surface area contributed by atoms with Gasteiger partial charge in [0.05, 0.1) is 5.41 Å². The molecule has 0 amide bonds. The summed E-state index contributed by atoms with van der Waals surface area (Å²) in [4.78, 5) is 0. The summed E-state index contributed by atoms with van der Waals surface area (Å²) in [7, 11) is 0. The molecule has 7 aromatic carbocycles. The lowest BCUT2D eigenvalue weighted by Crippen LogP contribution is -2.43. The fourth-order valence-corrected chi connectivity index (χ4v) is 13.0. The Morgan fingerprint density at radius 1 is 0.471 bits per heavy atom. The first kappa shape index (κ1) is 27.3. The highest BCUT2D eigenvalue weighted by Crippen LogP contribution is 2.72. The Labute approximate surface area is 298 Å². The molecular weight excluding hydrogens is 617 g/mol. The van der Waals surface area contributed by atoms with Crippen LogP contribution in [0.3, 0.4) is 0 Å². The molecule has 5 atom stereocenters. The Bertz CT molecular complexity index is 2630. The molecule has 7 aliphatic rings. The van der Waals surface area contributed by atoms with Crippen LogP contribution in [-0.4, -0.2) is 0 Å². The molecule has 4 bridgehead atoms. The highest BCUT2D eigenvalue weighted by molar-refractivity contribution is 6.06. The summed E-state index contributed by atoms with van der Waals surface area (Å²) in [5.41, 5.74) is 16.2. The number of ether oxygens (including phenoxy) is 1. The number of hydrogen-bond donors (Lipinski definition) is 0. The molecule has 0 aromatic heterocycles. The van der Waals surface area contributed by atoms with Crippen molar-refractivity contribution >= 4 is 10.8 Å². The van der Waals surface area contributed by atoms with E-state index in [0.29, 0.717) is 11.8 Å². The van der Waals surface area contributed by atoms with E-state index in [9.17, 15) is 0 Å². The van der Waals surface area contributed by atoms with Gasteiger partial charge in [-0.25, -0.2) is 0 Å². The van der Waals surface area contributed by atoms with E-state index < -0.39 is 0 Å². The van der Waals surface area contributed by atoms with Crippen LogP contribution in [0.25, 0.3) is 44.2 Å². The maximum atomic E-state index is 6.77. The van der Waals surface area contributed by atoms with Gasteiger partial charge in [0, 0.05) is 16.5 Å². The van der Waals surface area contributed by atoms with Gasteiger partial charge in [-0.1, -0.05) is 121 Å². The van der Waals surface area contributed by atoms with E-state index in [1.165, 1.54) is 103 Å². The van der Waals surface area contributed by atoms with Crippen molar-refractivity contribution in [3.8, 4) is 44.9 Å². The number of hydrogen-bond acceptors (Lipinski definition) is 1. The molecule has 6 aliphatic carbocycles. The molecule has 0 radical (unpaired) electrons. The smallest absolute Gasteiger partial charge is 0.131 e. The van der Waals surface area contributed by atoms with E-state index in [-0.39, 0.29) is 10.8 Å². The molecule has 1 nitrogen and oxygen atoms in total. The molecule has 51 heavy (non-hydrogen) atoms. The van der Waals surface area contributed by atoms with Crippen LogP contribution >= 0.6 is 0 Å². The largest absolute Gasteiger partial charge is 0.457 e. The highest BCUT2D eigenvalue weighted by atomic mass is 16.5. The molecule has 0 saturated heterocycles. The van der Waals surface area contributed by atoms with Gasteiger partial charge in [-0.15, -0.1) is 0 Å². The number of benzene rings is 7. The first-order valence-electron chi connectivity index (χ1n) is 19.0. The van der Waals surface area contributed by atoms with Gasteiger partial charge in [0.2, 0.25) is 0 Å². The monoisotopic (exact) mass is 652 g/mol. The summed E-state index contributed by atoms with van der Waals surface area (Å²) in [6, 6.07) is 55.6. The SMILES string of the molecule is c1ccc2c(c1)Oc1ccc(-c3ccc4c(c3)-c3c(ccc5ccccc35)C43c4ccccc4-c4ccccc43)cc1C21C2CC3CC(C2)C1C3. The molecule has 1 heterocycles. The van der Waals surface area contributed by atoms with Crippen LogP contribution in [0.15, 0.2) is 146 Å². The quantitative estimate of drug-likeness (QED) is 0.171. The lowest BCUT2D eigenvalue weighted by molar-refractivity contribution is 0.173. The first-order valence-corrected chi connectivity index (χ1v) is 19.0. The van der Waals surface area contributed by atoms with Gasteiger partial charge in [-0.05, 0) is 140 Å². The van der Waals surface area contributed by atoms with Crippen molar-refractivity contribution in [2.75, 3.05) is 0 Å². The van der Waals surface area contributed by atoms with E-state index in [1.807, 2.05) is 0 Å². The first-order chi connectivity index (χ1) is 25.2. The molecule has 0 N–H and O–H groups in total. The second kappa shape index (κ2) is 9.28. The van der Waals surface area contributed by atoms with Crippen molar-refractivity contribution in [1.29, 1.82) is 0 Å². The third-order valence-electron chi connectivity index (χ3n) is 14.5.